The van der Waals surface area contributed by atoms with Crippen LogP contribution >= 0.6 is 23.2 Å². The summed E-state index contributed by atoms with van der Waals surface area (Å²) in [5.74, 6) is 0.574. The molecule has 1 unspecified atom stereocenters. The van der Waals surface area contributed by atoms with E-state index in [1.54, 1.807) is 0 Å². The molecule has 0 aliphatic carbocycles. The number of alkyl halides is 1. The molecule has 0 bridgehead atoms. The van der Waals surface area contributed by atoms with E-state index in [1.807, 2.05) is 68.4 Å². The summed E-state index contributed by atoms with van der Waals surface area (Å²) < 4.78 is 0. The van der Waals surface area contributed by atoms with E-state index in [9.17, 15) is 5.11 Å². The number of hydrogen-bond donors (Lipinski definition) is 1. The minimum absolute atomic E-state index is 0.0567. The molecule has 0 saturated carbocycles. The number of hydrogen-bond acceptors (Lipinski definition) is 2. The van der Waals surface area contributed by atoms with Crippen molar-refractivity contribution in [3.05, 3.63) is 118 Å². The lowest BCUT2D eigenvalue weighted by atomic mass is 9.81. The third-order valence-electron chi connectivity index (χ3n) is 5.99. The molecule has 168 valence electrons. The first-order valence-electron chi connectivity index (χ1n) is 11.0. The smallest absolute Gasteiger partial charge is 0.0843 e. The lowest BCUT2D eigenvalue weighted by molar-refractivity contribution is 0.0773. The van der Waals surface area contributed by atoms with Gasteiger partial charge < -0.3 is 5.11 Å². The van der Waals surface area contributed by atoms with Crippen LogP contribution in [0.2, 0.25) is 5.02 Å². The fraction of sp³-hybridized carbons (Fsp3) is 0.207. The molecule has 2 nitrogen and oxygen atoms in total. The number of aromatic nitrogens is 1. The molecule has 0 fully saturated rings. The van der Waals surface area contributed by atoms with Gasteiger partial charge in [0.25, 0.3) is 0 Å². The lowest BCUT2D eigenvalue weighted by Gasteiger charge is -2.27. The van der Waals surface area contributed by atoms with Crippen LogP contribution in [0.15, 0.2) is 85.4 Å². The van der Waals surface area contributed by atoms with Crippen LogP contribution in [0.3, 0.4) is 0 Å². The topological polar surface area (TPSA) is 33.1 Å². The van der Waals surface area contributed by atoms with E-state index >= 15 is 0 Å². The summed E-state index contributed by atoms with van der Waals surface area (Å²) in [6.45, 7) is 7.98. The first kappa shape index (κ1) is 23.5. The van der Waals surface area contributed by atoms with Gasteiger partial charge in [0.2, 0.25) is 0 Å². The zero-order chi connectivity index (χ0) is 23.6. The molecular formula is C29H27Cl2NO. The number of halogens is 2. The van der Waals surface area contributed by atoms with E-state index in [0.29, 0.717) is 10.9 Å². The first-order valence-corrected chi connectivity index (χ1v) is 11.9. The van der Waals surface area contributed by atoms with Gasteiger partial charge in [-0.1, -0.05) is 78.8 Å². The van der Waals surface area contributed by atoms with Crippen LogP contribution in [0.25, 0.3) is 16.5 Å². The van der Waals surface area contributed by atoms with Crippen LogP contribution in [0.4, 0.5) is 0 Å². The first-order chi connectivity index (χ1) is 15.8. The predicted octanol–water partition coefficient (Wildman–Crippen LogP) is 7.94. The van der Waals surface area contributed by atoms with Crippen LogP contribution in [0.1, 0.15) is 54.1 Å². The van der Waals surface area contributed by atoms with Crippen LogP contribution in [-0.4, -0.2) is 16.0 Å². The van der Waals surface area contributed by atoms with Gasteiger partial charge in [0, 0.05) is 27.8 Å². The van der Waals surface area contributed by atoms with Gasteiger partial charge in [-0.05, 0) is 60.7 Å². The van der Waals surface area contributed by atoms with E-state index in [-0.39, 0.29) is 5.92 Å². The van der Waals surface area contributed by atoms with Crippen molar-refractivity contribution in [2.75, 3.05) is 5.88 Å². The average Bonchev–Trinajstić information content (AvgIpc) is 2.81. The molecule has 0 spiro atoms. The van der Waals surface area contributed by atoms with Crippen LogP contribution in [0, 0.1) is 0 Å². The van der Waals surface area contributed by atoms with E-state index in [4.69, 9.17) is 28.2 Å². The molecule has 1 heterocycles. The Hall–Kier alpha value is -2.65. The van der Waals surface area contributed by atoms with Gasteiger partial charge in [0.1, 0.15) is 0 Å². The SMILES string of the molecule is C=C(c1cccc(C(CCCl)c2ccccc2C(C)(C)O)c1)c1ccc2ccc(Cl)cc2n1. The third kappa shape index (κ3) is 5.14. The van der Waals surface area contributed by atoms with Gasteiger partial charge in [-0.25, -0.2) is 4.98 Å². The van der Waals surface area contributed by atoms with Crippen molar-refractivity contribution in [1.29, 1.82) is 0 Å². The lowest BCUT2D eigenvalue weighted by Crippen LogP contribution is -2.20. The normalized spacial score (nSPS) is 12.6. The number of nitrogens with zero attached hydrogens (tertiary/aromatic N) is 1. The molecule has 1 N–H and O–H groups in total. The second kappa shape index (κ2) is 9.69. The molecule has 0 saturated heterocycles. The van der Waals surface area contributed by atoms with Gasteiger partial charge in [0.05, 0.1) is 16.8 Å². The molecule has 33 heavy (non-hydrogen) atoms. The maximum Gasteiger partial charge on any atom is 0.0843 e. The van der Waals surface area contributed by atoms with Gasteiger partial charge in [0.15, 0.2) is 0 Å². The Bertz CT molecular complexity index is 1310. The number of benzene rings is 3. The molecule has 0 radical (unpaired) electrons. The fourth-order valence-corrected chi connectivity index (χ4v) is 4.70. The fourth-order valence-electron chi connectivity index (χ4n) is 4.32. The number of pyridine rings is 1. The summed E-state index contributed by atoms with van der Waals surface area (Å²) in [6, 6.07) is 26.1. The van der Waals surface area contributed by atoms with Crippen molar-refractivity contribution in [3.8, 4) is 0 Å². The second-order valence-corrected chi connectivity index (χ2v) is 9.63. The van der Waals surface area contributed by atoms with Crippen molar-refractivity contribution < 1.29 is 5.11 Å². The van der Waals surface area contributed by atoms with Crippen molar-refractivity contribution in [1.82, 2.24) is 4.98 Å². The van der Waals surface area contributed by atoms with Crippen LogP contribution in [-0.2, 0) is 5.60 Å². The van der Waals surface area contributed by atoms with E-state index in [1.165, 1.54) is 0 Å². The molecule has 4 aromatic rings. The van der Waals surface area contributed by atoms with Crippen LogP contribution in [0.5, 0.6) is 0 Å². The Balaban J connectivity index is 1.74. The van der Waals surface area contributed by atoms with Crippen molar-refractivity contribution >= 4 is 39.7 Å². The number of rotatable bonds is 7. The molecular weight excluding hydrogens is 449 g/mol. The molecule has 4 rings (SSSR count). The van der Waals surface area contributed by atoms with Gasteiger partial charge in [-0.15, -0.1) is 11.6 Å². The second-order valence-electron chi connectivity index (χ2n) is 8.81. The Morgan fingerprint density at radius 1 is 1.00 bits per heavy atom. The zero-order valence-corrected chi connectivity index (χ0v) is 20.4. The van der Waals surface area contributed by atoms with Gasteiger partial charge in [-0.3, -0.25) is 0 Å². The van der Waals surface area contributed by atoms with E-state index in [0.717, 1.165) is 50.8 Å². The predicted molar refractivity (Wildman–Crippen MR) is 140 cm³/mol. The third-order valence-corrected chi connectivity index (χ3v) is 6.45. The minimum atomic E-state index is -0.946. The maximum atomic E-state index is 10.8. The van der Waals surface area contributed by atoms with E-state index in [2.05, 4.69) is 30.8 Å². The average molecular weight is 476 g/mol. The molecule has 1 aromatic heterocycles. The number of aliphatic hydroxyl groups is 1. The summed E-state index contributed by atoms with van der Waals surface area (Å²) in [5.41, 5.74) is 5.70. The molecule has 0 amide bonds. The summed E-state index contributed by atoms with van der Waals surface area (Å²) in [6.07, 6.45) is 0.761. The molecule has 0 aliphatic rings. The highest BCUT2D eigenvalue weighted by Gasteiger charge is 2.25. The van der Waals surface area contributed by atoms with Crippen LogP contribution < -0.4 is 0 Å². The molecule has 4 heteroatoms. The summed E-state index contributed by atoms with van der Waals surface area (Å²) >= 11 is 12.4. The zero-order valence-electron chi connectivity index (χ0n) is 18.9. The van der Waals surface area contributed by atoms with Gasteiger partial charge in [-0.2, -0.15) is 0 Å². The highest BCUT2D eigenvalue weighted by molar-refractivity contribution is 6.31. The highest BCUT2D eigenvalue weighted by atomic mass is 35.5. The molecule has 3 aromatic carbocycles. The maximum absolute atomic E-state index is 10.8. The number of fused-ring (bicyclic) bond motifs is 1. The van der Waals surface area contributed by atoms with Crippen molar-refractivity contribution in [3.63, 3.8) is 0 Å². The Morgan fingerprint density at radius 3 is 2.52 bits per heavy atom. The van der Waals surface area contributed by atoms with E-state index < -0.39 is 5.60 Å². The standard InChI is InChI=1S/C29H27Cl2NO/c1-19(27-14-12-20-11-13-23(31)18-28(20)32-27)21-7-6-8-22(17-21)24(15-16-30)25-9-4-5-10-26(25)29(2,3)33/h4-14,17-18,24,33H,1,15-16H2,2-3H3. The van der Waals surface area contributed by atoms with Crippen molar-refractivity contribution in [2.24, 2.45) is 0 Å². The van der Waals surface area contributed by atoms with Gasteiger partial charge >= 0.3 is 0 Å². The quantitative estimate of drug-likeness (QED) is 0.275. The Labute approximate surface area is 205 Å². The monoisotopic (exact) mass is 475 g/mol. The van der Waals surface area contributed by atoms with Crippen molar-refractivity contribution in [2.45, 2.75) is 31.8 Å². The largest absolute Gasteiger partial charge is 0.386 e. The summed E-state index contributed by atoms with van der Waals surface area (Å²) in [7, 11) is 0. The minimum Gasteiger partial charge on any atom is -0.386 e. The Kier molecular flexibility index (Phi) is 6.90. The molecule has 1 atom stereocenters. The Morgan fingerprint density at radius 2 is 1.76 bits per heavy atom. The molecule has 0 aliphatic heterocycles. The highest BCUT2D eigenvalue weighted by Crippen LogP contribution is 2.36. The summed E-state index contributed by atoms with van der Waals surface area (Å²) in [4.78, 5) is 4.79. The summed E-state index contributed by atoms with van der Waals surface area (Å²) in [5, 5.41) is 12.5.